The largest absolute Gasteiger partial charge is 0.483 e. The minimum Gasteiger partial charge on any atom is -0.483 e. The summed E-state index contributed by atoms with van der Waals surface area (Å²) in [6, 6.07) is 16.1. The zero-order chi connectivity index (χ0) is 24.2. The van der Waals surface area contributed by atoms with Crippen LogP contribution in [0.25, 0.3) is 0 Å². The Hall–Kier alpha value is -2.90. The number of hydrogen-bond donors (Lipinski definition) is 2. The highest BCUT2D eigenvalue weighted by Crippen LogP contribution is 2.31. The Kier molecular flexibility index (Phi) is 7.76. The molecule has 2 N–H and O–H groups in total. The minimum atomic E-state index is -0.571. The molecule has 0 radical (unpaired) electrons. The Bertz CT molecular complexity index is 1190. The van der Waals surface area contributed by atoms with Crippen LogP contribution < -0.4 is 15.4 Å². The Morgan fingerprint density at radius 3 is 2.39 bits per heavy atom. The quantitative estimate of drug-likeness (QED) is 0.366. The summed E-state index contributed by atoms with van der Waals surface area (Å²) in [6.07, 6.45) is 0. The van der Waals surface area contributed by atoms with Crippen molar-refractivity contribution in [3.63, 3.8) is 0 Å². The van der Waals surface area contributed by atoms with E-state index < -0.39 is 11.7 Å². The molecule has 0 saturated carbocycles. The van der Waals surface area contributed by atoms with Gasteiger partial charge in [-0.1, -0.05) is 44.5 Å². The summed E-state index contributed by atoms with van der Waals surface area (Å²) in [5.74, 6) is -0.805. The molecule has 3 aromatic carbocycles. The molecule has 0 fully saturated rings. The lowest BCUT2D eigenvalue weighted by Crippen LogP contribution is -2.21. The lowest BCUT2D eigenvalue weighted by atomic mass is 9.87. The summed E-state index contributed by atoms with van der Waals surface area (Å²) in [5.41, 5.74) is 2.25. The average Bonchev–Trinajstić information content (AvgIpc) is 2.75. The highest BCUT2D eigenvalue weighted by Gasteiger charge is 2.16. The van der Waals surface area contributed by atoms with Gasteiger partial charge in [0.1, 0.15) is 11.6 Å². The zero-order valence-corrected chi connectivity index (χ0v) is 20.7. The van der Waals surface area contributed by atoms with Crippen molar-refractivity contribution in [1.29, 1.82) is 0 Å². The third-order valence-corrected chi connectivity index (χ3v) is 5.65. The number of nitrogens with one attached hydrogen (secondary N) is 2. The van der Waals surface area contributed by atoms with Crippen molar-refractivity contribution in [2.75, 3.05) is 17.2 Å². The molecule has 0 aliphatic rings. The molecule has 0 unspecified atom stereocenters. The fourth-order valence-corrected chi connectivity index (χ4v) is 3.61. The third-order valence-electron chi connectivity index (χ3n) is 4.74. The third kappa shape index (κ3) is 6.79. The van der Waals surface area contributed by atoms with Crippen molar-refractivity contribution < 1.29 is 18.7 Å². The molecule has 172 valence electrons. The van der Waals surface area contributed by atoms with Crippen LogP contribution in [0.15, 0.2) is 65.1 Å². The van der Waals surface area contributed by atoms with E-state index in [1.165, 1.54) is 24.3 Å². The number of halogens is 3. The second-order valence-corrected chi connectivity index (χ2v) is 9.66. The predicted molar refractivity (Wildman–Crippen MR) is 133 cm³/mol. The fourth-order valence-electron chi connectivity index (χ4n) is 2.94. The lowest BCUT2D eigenvalue weighted by molar-refractivity contribution is -0.118. The molecule has 2 amide bonds. The van der Waals surface area contributed by atoms with Crippen molar-refractivity contribution in [2.24, 2.45) is 0 Å². The second-order valence-electron chi connectivity index (χ2n) is 8.40. The van der Waals surface area contributed by atoms with Crippen LogP contribution in [0.2, 0.25) is 5.02 Å². The van der Waals surface area contributed by atoms with Gasteiger partial charge in [0.25, 0.3) is 11.8 Å². The number of hydrogen-bond acceptors (Lipinski definition) is 3. The smallest absolute Gasteiger partial charge is 0.262 e. The number of amides is 2. The normalized spacial score (nSPS) is 11.1. The second kappa shape index (κ2) is 10.4. The van der Waals surface area contributed by atoms with Gasteiger partial charge < -0.3 is 15.4 Å². The molecular weight excluding hydrogens is 511 g/mol. The number of ether oxygens (including phenoxy) is 1. The van der Waals surface area contributed by atoms with Crippen LogP contribution in [0.1, 0.15) is 36.7 Å². The summed E-state index contributed by atoms with van der Waals surface area (Å²) in [5, 5.41) is 5.27. The van der Waals surface area contributed by atoms with Crippen LogP contribution in [-0.4, -0.2) is 18.4 Å². The Morgan fingerprint density at radius 1 is 1.00 bits per heavy atom. The maximum atomic E-state index is 13.3. The zero-order valence-electron chi connectivity index (χ0n) is 18.3. The maximum absolute atomic E-state index is 13.3. The van der Waals surface area contributed by atoms with Gasteiger partial charge in [-0.2, -0.15) is 0 Å². The van der Waals surface area contributed by atoms with Crippen LogP contribution >= 0.6 is 27.5 Å². The first-order valence-electron chi connectivity index (χ1n) is 10.1. The van der Waals surface area contributed by atoms with Gasteiger partial charge in [-0.25, -0.2) is 4.39 Å². The lowest BCUT2D eigenvalue weighted by Gasteiger charge is -2.20. The highest BCUT2D eigenvalue weighted by molar-refractivity contribution is 9.10. The van der Waals surface area contributed by atoms with E-state index in [9.17, 15) is 14.0 Å². The molecule has 0 saturated heterocycles. The molecule has 3 aromatic rings. The van der Waals surface area contributed by atoms with E-state index in [1.54, 1.807) is 18.2 Å². The number of benzene rings is 3. The number of anilines is 2. The molecule has 5 nitrogen and oxygen atoms in total. The Balaban J connectivity index is 1.60. The monoisotopic (exact) mass is 532 g/mol. The van der Waals surface area contributed by atoms with Crippen molar-refractivity contribution in [3.05, 3.63) is 87.1 Å². The molecule has 8 heteroatoms. The first-order chi connectivity index (χ1) is 15.5. The van der Waals surface area contributed by atoms with Crippen molar-refractivity contribution in [1.82, 2.24) is 0 Å². The van der Waals surface area contributed by atoms with Crippen LogP contribution in [0, 0.1) is 5.82 Å². The summed E-state index contributed by atoms with van der Waals surface area (Å²) < 4.78 is 19.7. The van der Waals surface area contributed by atoms with Crippen molar-refractivity contribution in [2.45, 2.75) is 26.2 Å². The van der Waals surface area contributed by atoms with Gasteiger partial charge in [0.05, 0.1) is 9.50 Å². The predicted octanol–water partition coefficient (Wildman–Crippen LogP) is 6.81. The van der Waals surface area contributed by atoms with E-state index in [1.807, 2.05) is 18.2 Å². The SMILES string of the molecule is CC(C)(C)c1ccc(OCC(=O)Nc2cccc(C(=O)Nc3ccc(F)c(Cl)c3)c2)c(Br)c1. The van der Waals surface area contributed by atoms with E-state index >= 15 is 0 Å². The van der Waals surface area contributed by atoms with E-state index in [0.717, 1.165) is 10.0 Å². The Morgan fingerprint density at radius 2 is 1.73 bits per heavy atom. The molecule has 0 atom stereocenters. The first kappa shape index (κ1) is 24.7. The number of rotatable bonds is 6. The highest BCUT2D eigenvalue weighted by atomic mass is 79.9. The number of carbonyl (C=O) groups excluding carboxylic acids is 2. The maximum Gasteiger partial charge on any atom is 0.262 e. The standard InChI is InChI=1S/C25H23BrClFN2O3/c1-25(2,3)16-7-10-22(19(26)12-16)33-14-23(31)29-17-6-4-5-15(11-17)24(32)30-18-8-9-21(28)20(27)13-18/h4-13H,14H2,1-3H3,(H,29,31)(H,30,32). The van der Waals surface area contributed by atoms with E-state index in [-0.39, 0.29) is 23.0 Å². The summed E-state index contributed by atoms with van der Waals surface area (Å²) in [7, 11) is 0. The summed E-state index contributed by atoms with van der Waals surface area (Å²) in [6.45, 7) is 6.15. The molecule has 0 spiro atoms. The molecule has 3 rings (SSSR count). The van der Waals surface area contributed by atoms with Gasteiger partial charge in [-0.3, -0.25) is 9.59 Å². The van der Waals surface area contributed by atoms with Crippen LogP contribution in [0.4, 0.5) is 15.8 Å². The van der Waals surface area contributed by atoms with Crippen molar-refractivity contribution >= 4 is 50.7 Å². The van der Waals surface area contributed by atoms with Crippen LogP contribution in [0.5, 0.6) is 5.75 Å². The number of carbonyl (C=O) groups is 2. The van der Waals surface area contributed by atoms with Gasteiger partial charge >= 0.3 is 0 Å². The van der Waals surface area contributed by atoms with E-state index in [4.69, 9.17) is 16.3 Å². The van der Waals surface area contributed by atoms with Crippen LogP contribution in [-0.2, 0) is 10.2 Å². The van der Waals surface area contributed by atoms with Gasteiger partial charge in [-0.15, -0.1) is 0 Å². The molecule has 0 aromatic heterocycles. The van der Waals surface area contributed by atoms with Crippen molar-refractivity contribution in [3.8, 4) is 5.75 Å². The first-order valence-corrected chi connectivity index (χ1v) is 11.3. The summed E-state index contributed by atoms with van der Waals surface area (Å²) in [4.78, 5) is 24.9. The molecule has 0 aliphatic heterocycles. The van der Waals surface area contributed by atoms with E-state index in [0.29, 0.717) is 22.7 Å². The molecule has 0 bridgehead atoms. The fraction of sp³-hybridized carbons (Fsp3) is 0.200. The molecular formula is C25H23BrClFN2O3. The topological polar surface area (TPSA) is 67.4 Å². The van der Waals surface area contributed by atoms with Gasteiger partial charge in [0, 0.05) is 16.9 Å². The molecule has 0 aliphatic carbocycles. The minimum absolute atomic E-state index is 0.00129. The van der Waals surface area contributed by atoms with Gasteiger partial charge in [0.2, 0.25) is 0 Å². The molecule has 0 heterocycles. The molecule has 33 heavy (non-hydrogen) atoms. The van der Waals surface area contributed by atoms with Gasteiger partial charge in [-0.05, 0) is 75.4 Å². The summed E-state index contributed by atoms with van der Waals surface area (Å²) >= 11 is 9.24. The van der Waals surface area contributed by atoms with Gasteiger partial charge in [0.15, 0.2) is 6.61 Å². The van der Waals surface area contributed by atoms with E-state index in [2.05, 4.69) is 47.3 Å². The van der Waals surface area contributed by atoms with Crippen LogP contribution in [0.3, 0.4) is 0 Å². The average molecular weight is 534 g/mol. The Labute approximate surface area is 205 Å².